The lowest BCUT2D eigenvalue weighted by atomic mass is 9.99. The molecule has 0 aromatic carbocycles. The molecule has 0 amide bonds. The van der Waals surface area contributed by atoms with Crippen LogP contribution in [0.4, 0.5) is 0 Å². The summed E-state index contributed by atoms with van der Waals surface area (Å²) in [4.78, 5) is 17.1. The van der Waals surface area contributed by atoms with Gasteiger partial charge in [0.1, 0.15) is 10.5 Å². The Bertz CT molecular complexity index is 473. The summed E-state index contributed by atoms with van der Waals surface area (Å²) in [7, 11) is 0. The van der Waals surface area contributed by atoms with Crippen LogP contribution in [0.25, 0.3) is 0 Å². The number of aromatic nitrogens is 1. The highest BCUT2D eigenvalue weighted by Crippen LogP contribution is 2.49. The van der Waals surface area contributed by atoms with E-state index in [1.165, 1.54) is 11.3 Å². The van der Waals surface area contributed by atoms with Crippen molar-refractivity contribution in [1.82, 2.24) is 4.98 Å². The molecular formula is C14H19NO3S. The number of ether oxygens (including phenoxy) is 2. The van der Waals surface area contributed by atoms with Gasteiger partial charge < -0.3 is 9.47 Å². The first-order valence-electron chi connectivity index (χ1n) is 6.87. The van der Waals surface area contributed by atoms with E-state index in [9.17, 15) is 4.79 Å². The summed E-state index contributed by atoms with van der Waals surface area (Å²) < 4.78 is 11.2. The number of nitrogens with zero attached hydrogens (tertiary/aromatic N) is 1. The number of esters is 1. The lowest BCUT2D eigenvalue weighted by Gasteiger charge is -2.21. The van der Waals surface area contributed by atoms with Crippen molar-refractivity contribution in [2.45, 2.75) is 44.6 Å². The molecule has 3 rings (SSSR count). The Hall–Kier alpha value is -0.940. The molecule has 1 saturated heterocycles. The SMILES string of the molecule is CC(C)c1ncc(C(=O)OC2([C@@H]3CCOC3)CC2)s1. The number of hydrogen-bond acceptors (Lipinski definition) is 5. The summed E-state index contributed by atoms with van der Waals surface area (Å²) in [5.74, 6) is 0.521. The van der Waals surface area contributed by atoms with E-state index in [1.54, 1.807) is 6.20 Å². The van der Waals surface area contributed by atoms with Gasteiger partial charge in [-0.3, -0.25) is 0 Å². The molecule has 0 radical (unpaired) electrons. The highest BCUT2D eigenvalue weighted by atomic mass is 32.1. The van der Waals surface area contributed by atoms with Crippen LogP contribution in [-0.4, -0.2) is 29.8 Å². The molecule has 1 saturated carbocycles. The Morgan fingerprint density at radius 2 is 2.37 bits per heavy atom. The molecule has 1 aromatic heterocycles. The smallest absolute Gasteiger partial charge is 0.350 e. The Balaban J connectivity index is 1.67. The van der Waals surface area contributed by atoms with Gasteiger partial charge in [-0.1, -0.05) is 13.8 Å². The first kappa shape index (κ1) is 13.1. The van der Waals surface area contributed by atoms with Gasteiger partial charge in [0.25, 0.3) is 0 Å². The molecule has 2 fully saturated rings. The second-order valence-corrected chi connectivity index (χ2v) is 6.79. The Morgan fingerprint density at radius 3 is 2.89 bits per heavy atom. The summed E-state index contributed by atoms with van der Waals surface area (Å²) in [5.41, 5.74) is -0.241. The summed E-state index contributed by atoms with van der Waals surface area (Å²) in [6, 6.07) is 0. The zero-order chi connectivity index (χ0) is 13.5. The van der Waals surface area contributed by atoms with E-state index in [1.807, 2.05) is 0 Å². The van der Waals surface area contributed by atoms with Crippen LogP contribution in [0.2, 0.25) is 0 Å². The van der Waals surface area contributed by atoms with E-state index in [0.29, 0.717) is 16.7 Å². The molecule has 5 heteroatoms. The van der Waals surface area contributed by atoms with E-state index in [0.717, 1.165) is 37.5 Å². The molecule has 2 aliphatic rings. The third-order valence-corrected chi connectivity index (χ3v) is 5.21. The van der Waals surface area contributed by atoms with Crippen molar-refractivity contribution in [3.8, 4) is 0 Å². The number of thiazole rings is 1. The average Bonchev–Trinajstić information content (AvgIpc) is 2.91. The molecule has 2 heterocycles. The fourth-order valence-electron chi connectivity index (χ4n) is 2.55. The molecule has 0 N–H and O–H groups in total. The predicted octanol–water partition coefficient (Wildman–Crippen LogP) is 2.99. The zero-order valence-electron chi connectivity index (χ0n) is 11.3. The van der Waals surface area contributed by atoms with Crippen LogP contribution >= 0.6 is 11.3 Å². The van der Waals surface area contributed by atoms with Crippen molar-refractivity contribution in [2.75, 3.05) is 13.2 Å². The summed E-state index contributed by atoms with van der Waals surface area (Å²) in [6.45, 7) is 5.67. The monoisotopic (exact) mass is 281 g/mol. The van der Waals surface area contributed by atoms with E-state index >= 15 is 0 Å². The van der Waals surface area contributed by atoms with Gasteiger partial charge >= 0.3 is 5.97 Å². The molecule has 1 aliphatic heterocycles. The van der Waals surface area contributed by atoms with E-state index < -0.39 is 0 Å². The van der Waals surface area contributed by atoms with Crippen LogP contribution in [0, 0.1) is 5.92 Å². The second-order valence-electron chi connectivity index (χ2n) is 5.73. The van der Waals surface area contributed by atoms with Crippen molar-refractivity contribution in [3.63, 3.8) is 0 Å². The number of rotatable bonds is 4. The van der Waals surface area contributed by atoms with Gasteiger partial charge in [0.05, 0.1) is 17.8 Å². The van der Waals surface area contributed by atoms with Crippen LogP contribution in [-0.2, 0) is 9.47 Å². The minimum Gasteiger partial charge on any atom is -0.454 e. The minimum absolute atomic E-state index is 0.214. The molecular weight excluding hydrogens is 262 g/mol. The lowest BCUT2D eigenvalue weighted by molar-refractivity contribution is 0.00133. The van der Waals surface area contributed by atoms with Crippen molar-refractivity contribution in [2.24, 2.45) is 5.92 Å². The molecule has 1 atom stereocenters. The topological polar surface area (TPSA) is 48.4 Å². The zero-order valence-corrected chi connectivity index (χ0v) is 12.2. The number of carbonyl (C=O) groups excluding carboxylic acids is 1. The van der Waals surface area contributed by atoms with Crippen molar-refractivity contribution in [3.05, 3.63) is 16.1 Å². The minimum atomic E-state index is -0.241. The van der Waals surface area contributed by atoms with Crippen LogP contribution in [0.15, 0.2) is 6.20 Å². The second kappa shape index (κ2) is 4.87. The number of carbonyl (C=O) groups is 1. The molecule has 0 bridgehead atoms. The van der Waals surface area contributed by atoms with Crippen LogP contribution < -0.4 is 0 Å². The Morgan fingerprint density at radius 1 is 1.58 bits per heavy atom. The first-order chi connectivity index (χ1) is 9.11. The van der Waals surface area contributed by atoms with Gasteiger partial charge in [0.15, 0.2) is 0 Å². The molecule has 1 aliphatic carbocycles. The van der Waals surface area contributed by atoms with Gasteiger partial charge in [-0.15, -0.1) is 11.3 Å². The summed E-state index contributed by atoms with van der Waals surface area (Å²) in [5, 5.41) is 0.987. The van der Waals surface area contributed by atoms with Gasteiger partial charge in [-0.2, -0.15) is 0 Å². The fraction of sp³-hybridized carbons (Fsp3) is 0.714. The van der Waals surface area contributed by atoms with Gasteiger partial charge in [0.2, 0.25) is 0 Å². The highest BCUT2D eigenvalue weighted by Gasteiger charge is 2.54. The molecule has 4 nitrogen and oxygen atoms in total. The third kappa shape index (κ3) is 2.54. The molecule has 1 aromatic rings. The van der Waals surface area contributed by atoms with Gasteiger partial charge in [-0.05, 0) is 19.3 Å². The predicted molar refractivity (Wildman–Crippen MR) is 72.5 cm³/mol. The van der Waals surface area contributed by atoms with Gasteiger partial charge in [0, 0.05) is 18.4 Å². The van der Waals surface area contributed by atoms with Crippen LogP contribution in [0.1, 0.15) is 53.7 Å². The Kier molecular flexibility index (Phi) is 3.35. The third-order valence-electron chi connectivity index (χ3n) is 3.93. The number of hydrogen-bond donors (Lipinski definition) is 0. The van der Waals surface area contributed by atoms with Crippen molar-refractivity contribution < 1.29 is 14.3 Å². The van der Waals surface area contributed by atoms with Crippen molar-refractivity contribution in [1.29, 1.82) is 0 Å². The Labute approximate surface area is 117 Å². The van der Waals surface area contributed by atoms with Gasteiger partial charge in [-0.25, -0.2) is 9.78 Å². The largest absolute Gasteiger partial charge is 0.454 e. The maximum atomic E-state index is 12.2. The maximum Gasteiger partial charge on any atom is 0.350 e. The molecule has 0 unspecified atom stereocenters. The lowest BCUT2D eigenvalue weighted by Crippen LogP contribution is -2.29. The quantitative estimate of drug-likeness (QED) is 0.796. The summed E-state index contributed by atoms with van der Waals surface area (Å²) >= 11 is 1.44. The summed E-state index contributed by atoms with van der Waals surface area (Å²) in [6.07, 6.45) is 4.60. The van der Waals surface area contributed by atoms with E-state index in [-0.39, 0.29) is 11.6 Å². The van der Waals surface area contributed by atoms with E-state index in [2.05, 4.69) is 18.8 Å². The highest BCUT2D eigenvalue weighted by molar-refractivity contribution is 7.13. The molecule has 104 valence electrons. The van der Waals surface area contributed by atoms with Crippen LogP contribution in [0.3, 0.4) is 0 Å². The molecule has 0 spiro atoms. The van der Waals surface area contributed by atoms with Crippen molar-refractivity contribution >= 4 is 17.3 Å². The fourth-order valence-corrected chi connectivity index (χ4v) is 3.35. The maximum absolute atomic E-state index is 12.2. The molecule has 19 heavy (non-hydrogen) atoms. The first-order valence-corrected chi connectivity index (χ1v) is 7.69. The van der Waals surface area contributed by atoms with Crippen LogP contribution in [0.5, 0.6) is 0 Å². The standard InChI is InChI=1S/C14H19NO3S/c1-9(2)12-15-7-11(19-12)13(16)18-14(4-5-14)10-3-6-17-8-10/h7,9-10H,3-6,8H2,1-2H3/t10-/m1/s1. The normalized spacial score (nSPS) is 24.7. The van der Waals surface area contributed by atoms with E-state index in [4.69, 9.17) is 9.47 Å². The average molecular weight is 281 g/mol.